The van der Waals surface area contributed by atoms with Gasteiger partial charge in [0.2, 0.25) is 0 Å². The van der Waals surface area contributed by atoms with E-state index in [0.29, 0.717) is 0 Å². The maximum Gasteiger partial charge on any atom is 0.307 e. The first kappa shape index (κ1) is 11.9. The highest BCUT2D eigenvalue weighted by atomic mass is 16.6. The smallest absolute Gasteiger partial charge is 0.307 e. The first-order chi connectivity index (χ1) is 5.72. The molecule has 0 fully saturated rings. The van der Waals surface area contributed by atoms with Crippen molar-refractivity contribution in [2.24, 2.45) is 5.92 Å². The SMILES string of the molecule is CC(CC(=O)OC(C)(C)C)C(=O)O. The maximum atomic E-state index is 11.1. The van der Waals surface area contributed by atoms with E-state index >= 15 is 0 Å². The van der Waals surface area contributed by atoms with Crippen LogP contribution in [-0.4, -0.2) is 22.6 Å². The van der Waals surface area contributed by atoms with Gasteiger partial charge in [-0.05, 0) is 20.8 Å². The maximum absolute atomic E-state index is 11.1. The van der Waals surface area contributed by atoms with Crippen LogP contribution in [0.3, 0.4) is 0 Å². The molecule has 0 heterocycles. The summed E-state index contributed by atoms with van der Waals surface area (Å²) in [5.41, 5.74) is -0.546. The normalized spacial score (nSPS) is 13.5. The molecule has 4 nitrogen and oxygen atoms in total. The fraction of sp³-hybridized carbons (Fsp3) is 0.778. The van der Waals surface area contributed by atoms with Crippen molar-refractivity contribution >= 4 is 11.9 Å². The number of esters is 1. The molecular formula is C9H16O4. The van der Waals surface area contributed by atoms with E-state index in [1.54, 1.807) is 20.8 Å². The van der Waals surface area contributed by atoms with E-state index in [-0.39, 0.29) is 6.42 Å². The molecular weight excluding hydrogens is 172 g/mol. The summed E-state index contributed by atoms with van der Waals surface area (Å²) in [6, 6.07) is 0. The van der Waals surface area contributed by atoms with Crippen molar-refractivity contribution in [3.8, 4) is 0 Å². The van der Waals surface area contributed by atoms with Crippen molar-refractivity contribution in [1.29, 1.82) is 0 Å². The second-order valence-electron chi connectivity index (χ2n) is 4.03. The molecule has 0 amide bonds. The number of rotatable bonds is 3. The zero-order valence-electron chi connectivity index (χ0n) is 8.46. The monoisotopic (exact) mass is 188 g/mol. The molecule has 4 heteroatoms. The third-order valence-electron chi connectivity index (χ3n) is 1.31. The summed E-state index contributed by atoms with van der Waals surface area (Å²) in [7, 11) is 0. The number of carboxylic acids is 1. The zero-order chi connectivity index (χ0) is 10.6. The van der Waals surface area contributed by atoms with Crippen LogP contribution in [0.1, 0.15) is 34.1 Å². The molecule has 1 unspecified atom stereocenters. The first-order valence-corrected chi connectivity index (χ1v) is 4.17. The van der Waals surface area contributed by atoms with Crippen LogP contribution in [0.25, 0.3) is 0 Å². The zero-order valence-corrected chi connectivity index (χ0v) is 8.46. The number of hydrogen-bond donors (Lipinski definition) is 1. The second-order valence-corrected chi connectivity index (χ2v) is 4.03. The van der Waals surface area contributed by atoms with E-state index in [0.717, 1.165) is 0 Å². The Balaban J connectivity index is 3.96. The van der Waals surface area contributed by atoms with Crippen LogP contribution in [-0.2, 0) is 14.3 Å². The van der Waals surface area contributed by atoms with Gasteiger partial charge in [-0.25, -0.2) is 0 Å². The Morgan fingerprint density at radius 1 is 1.38 bits per heavy atom. The van der Waals surface area contributed by atoms with Gasteiger partial charge in [0.25, 0.3) is 0 Å². The van der Waals surface area contributed by atoms with E-state index in [1.807, 2.05) is 0 Å². The van der Waals surface area contributed by atoms with Crippen LogP contribution >= 0.6 is 0 Å². The molecule has 0 aromatic carbocycles. The Bertz CT molecular complexity index is 202. The average molecular weight is 188 g/mol. The molecule has 0 rings (SSSR count). The predicted molar refractivity (Wildman–Crippen MR) is 47.3 cm³/mol. The van der Waals surface area contributed by atoms with Crippen molar-refractivity contribution in [2.75, 3.05) is 0 Å². The molecule has 0 saturated heterocycles. The van der Waals surface area contributed by atoms with E-state index in [4.69, 9.17) is 9.84 Å². The van der Waals surface area contributed by atoms with Gasteiger partial charge in [0, 0.05) is 0 Å². The van der Waals surface area contributed by atoms with Crippen molar-refractivity contribution in [3.63, 3.8) is 0 Å². The largest absolute Gasteiger partial charge is 0.481 e. The average Bonchev–Trinajstić information content (AvgIpc) is 1.81. The summed E-state index contributed by atoms with van der Waals surface area (Å²) in [4.78, 5) is 21.5. The van der Waals surface area contributed by atoms with E-state index in [2.05, 4.69) is 0 Å². The van der Waals surface area contributed by atoms with Gasteiger partial charge in [0.05, 0.1) is 12.3 Å². The number of carbonyl (C=O) groups excluding carboxylic acids is 1. The second kappa shape index (κ2) is 4.25. The molecule has 0 radical (unpaired) electrons. The Morgan fingerprint density at radius 2 is 1.85 bits per heavy atom. The molecule has 1 atom stereocenters. The van der Waals surface area contributed by atoms with Crippen molar-refractivity contribution < 1.29 is 19.4 Å². The van der Waals surface area contributed by atoms with Gasteiger partial charge in [0.1, 0.15) is 5.60 Å². The van der Waals surface area contributed by atoms with Crippen molar-refractivity contribution in [3.05, 3.63) is 0 Å². The van der Waals surface area contributed by atoms with E-state index in [9.17, 15) is 9.59 Å². The molecule has 0 aromatic rings. The summed E-state index contributed by atoms with van der Waals surface area (Å²) in [5, 5.41) is 8.52. The fourth-order valence-corrected chi connectivity index (χ4v) is 0.720. The van der Waals surface area contributed by atoms with Crippen LogP contribution in [0.15, 0.2) is 0 Å². The molecule has 76 valence electrons. The third-order valence-corrected chi connectivity index (χ3v) is 1.31. The van der Waals surface area contributed by atoms with Crippen LogP contribution < -0.4 is 0 Å². The number of carbonyl (C=O) groups is 2. The Morgan fingerprint density at radius 3 is 2.15 bits per heavy atom. The topological polar surface area (TPSA) is 63.6 Å². The summed E-state index contributed by atoms with van der Waals surface area (Å²) in [6.07, 6.45) is -0.0768. The Hall–Kier alpha value is -1.06. The van der Waals surface area contributed by atoms with Crippen LogP contribution in [0, 0.1) is 5.92 Å². The number of carboxylic acid groups (broad SMARTS) is 1. The Labute approximate surface area is 77.9 Å². The minimum Gasteiger partial charge on any atom is -0.481 e. The van der Waals surface area contributed by atoms with Gasteiger partial charge in [-0.2, -0.15) is 0 Å². The predicted octanol–water partition coefficient (Wildman–Crippen LogP) is 1.44. The lowest BCUT2D eigenvalue weighted by Gasteiger charge is -2.20. The summed E-state index contributed by atoms with van der Waals surface area (Å²) < 4.78 is 4.96. The van der Waals surface area contributed by atoms with Crippen LogP contribution in [0.2, 0.25) is 0 Å². The van der Waals surface area contributed by atoms with Crippen molar-refractivity contribution in [2.45, 2.75) is 39.7 Å². The standard InChI is InChI=1S/C9H16O4/c1-6(8(11)12)5-7(10)13-9(2,3)4/h6H,5H2,1-4H3,(H,11,12). The summed E-state index contributed by atoms with van der Waals surface area (Å²) in [6.45, 7) is 6.72. The summed E-state index contributed by atoms with van der Waals surface area (Å²) >= 11 is 0. The van der Waals surface area contributed by atoms with Gasteiger partial charge < -0.3 is 9.84 Å². The molecule has 0 aliphatic carbocycles. The lowest BCUT2D eigenvalue weighted by atomic mass is 10.1. The minimum absolute atomic E-state index is 0.0768. The van der Waals surface area contributed by atoms with Crippen LogP contribution in [0.4, 0.5) is 0 Å². The van der Waals surface area contributed by atoms with Gasteiger partial charge in [-0.1, -0.05) is 6.92 Å². The molecule has 1 N–H and O–H groups in total. The number of hydrogen-bond acceptors (Lipinski definition) is 3. The molecule has 0 aliphatic heterocycles. The highest BCUT2D eigenvalue weighted by Crippen LogP contribution is 2.11. The highest BCUT2D eigenvalue weighted by molar-refractivity contribution is 5.78. The molecule has 0 spiro atoms. The van der Waals surface area contributed by atoms with Crippen LogP contribution in [0.5, 0.6) is 0 Å². The lowest BCUT2D eigenvalue weighted by molar-refractivity contribution is -0.159. The number of ether oxygens (including phenoxy) is 1. The quantitative estimate of drug-likeness (QED) is 0.680. The van der Waals surface area contributed by atoms with Crippen molar-refractivity contribution in [1.82, 2.24) is 0 Å². The molecule has 0 aliphatic rings. The molecule has 13 heavy (non-hydrogen) atoms. The Kier molecular flexibility index (Phi) is 3.91. The molecule has 0 bridgehead atoms. The van der Waals surface area contributed by atoms with E-state index < -0.39 is 23.5 Å². The third kappa shape index (κ3) is 6.13. The minimum atomic E-state index is -0.981. The van der Waals surface area contributed by atoms with Gasteiger partial charge in [-0.3, -0.25) is 9.59 Å². The molecule has 0 saturated carbocycles. The number of aliphatic carboxylic acids is 1. The van der Waals surface area contributed by atoms with E-state index in [1.165, 1.54) is 6.92 Å². The van der Waals surface area contributed by atoms with Gasteiger partial charge in [0.15, 0.2) is 0 Å². The van der Waals surface area contributed by atoms with Gasteiger partial charge >= 0.3 is 11.9 Å². The molecule has 0 aromatic heterocycles. The van der Waals surface area contributed by atoms with Gasteiger partial charge in [-0.15, -0.1) is 0 Å². The first-order valence-electron chi connectivity index (χ1n) is 4.17. The fourth-order valence-electron chi connectivity index (χ4n) is 0.720. The lowest BCUT2D eigenvalue weighted by Crippen LogP contribution is -2.26. The summed E-state index contributed by atoms with van der Waals surface area (Å²) in [5.74, 6) is -2.14. The highest BCUT2D eigenvalue weighted by Gasteiger charge is 2.21.